The first-order valence-electron chi connectivity index (χ1n) is 6.10. The fourth-order valence-corrected chi connectivity index (χ4v) is 1.75. The van der Waals surface area contributed by atoms with Crippen molar-refractivity contribution in [2.24, 2.45) is 12.9 Å². The summed E-state index contributed by atoms with van der Waals surface area (Å²) >= 11 is 0. The minimum absolute atomic E-state index is 0.186. The molecule has 2 heterocycles. The number of anilines is 1. The van der Waals surface area contributed by atoms with Crippen molar-refractivity contribution < 1.29 is 4.74 Å². The number of rotatable bonds is 5. The normalized spacial score (nSPS) is 12.4. The first kappa shape index (κ1) is 13.4. The van der Waals surface area contributed by atoms with Crippen LogP contribution in [0.15, 0.2) is 18.5 Å². The highest BCUT2D eigenvalue weighted by Gasteiger charge is 2.13. The molecule has 0 aromatic carbocycles. The molecule has 0 bridgehead atoms. The molecule has 1 unspecified atom stereocenters. The zero-order chi connectivity index (χ0) is 13.8. The van der Waals surface area contributed by atoms with E-state index in [-0.39, 0.29) is 6.10 Å². The number of hydrogen-bond acceptors (Lipinski definition) is 6. The molecule has 2 rings (SSSR count). The van der Waals surface area contributed by atoms with Gasteiger partial charge in [0.1, 0.15) is 11.9 Å². The number of nitrogens with zero attached hydrogens (tertiary/aromatic N) is 4. The van der Waals surface area contributed by atoms with Gasteiger partial charge in [0, 0.05) is 31.5 Å². The molecule has 2 aromatic rings. The number of aryl methyl sites for hydroxylation is 1. The molecule has 1 atom stereocenters. The van der Waals surface area contributed by atoms with E-state index in [4.69, 9.17) is 10.6 Å². The van der Waals surface area contributed by atoms with E-state index in [1.54, 1.807) is 16.9 Å². The highest BCUT2D eigenvalue weighted by Crippen LogP contribution is 2.22. The fourth-order valence-electron chi connectivity index (χ4n) is 1.75. The second-order valence-electron chi connectivity index (χ2n) is 4.14. The lowest BCUT2D eigenvalue weighted by molar-refractivity contribution is 0.0702. The maximum atomic E-state index is 5.51. The van der Waals surface area contributed by atoms with Crippen molar-refractivity contribution in [2.45, 2.75) is 20.0 Å². The van der Waals surface area contributed by atoms with Crippen LogP contribution in [0.25, 0.3) is 11.3 Å². The lowest BCUT2D eigenvalue weighted by Gasteiger charge is -2.12. The van der Waals surface area contributed by atoms with Crippen LogP contribution in [0.2, 0.25) is 0 Å². The van der Waals surface area contributed by atoms with E-state index in [0.29, 0.717) is 18.2 Å². The molecule has 0 saturated carbocycles. The van der Waals surface area contributed by atoms with Gasteiger partial charge in [0.2, 0.25) is 0 Å². The minimum Gasteiger partial charge on any atom is -0.371 e. The molecule has 0 aliphatic heterocycles. The molecule has 7 nitrogen and oxygen atoms in total. The summed E-state index contributed by atoms with van der Waals surface area (Å²) in [7, 11) is 1.86. The van der Waals surface area contributed by atoms with Crippen LogP contribution in [-0.2, 0) is 11.8 Å². The van der Waals surface area contributed by atoms with Crippen LogP contribution in [0.5, 0.6) is 0 Å². The van der Waals surface area contributed by atoms with Crippen LogP contribution in [0, 0.1) is 0 Å². The molecular weight excluding hydrogens is 244 g/mol. The molecule has 0 aliphatic rings. The van der Waals surface area contributed by atoms with Gasteiger partial charge in [0.15, 0.2) is 5.82 Å². The van der Waals surface area contributed by atoms with Crippen molar-refractivity contribution in [3.8, 4) is 11.3 Å². The molecule has 19 heavy (non-hydrogen) atoms. The number of aromatic nitrogens is 4. The SMILES string of the molecule is CCOC(C)c1nc(NN)cc(-c2cnn(C)c2)n1. The molecule has 2 aromatic heterocycles. The van der Waals surface area contributed by atoms with Crippen molar-refractivity contribution in [1.29, 1.82) is 0 Å². The molecule has 0 aliphatic carbocycles. The van der Waals surface area contributed by atoms with Gasteiger partial charge in [-0.15, -0.1) is 0 Å². The first-order chi connectivity index (χ1) is 9.13. The largest absolute Gasteiger partial charge is 0.371 e. The Morgan fingerprint density at radius 3 is 2.84 bits per heavy atom. The maximum Gasteiger partial charge on any atom is 0.159 e. The molecular formula is C12H18N6O. The average Bonchev–Trinajstić information content (AvgIpc) is 2.85. The van der Waals surface area contributed by atoms with Gasteiger partial charge in [0.25, 0.3) is 0 Å². The maximum absolute atomic E-state index is 5.51. The lowest BCUT2D eigenvalue weighted by Crippen LogP contribution is -2.13. The van der Waals surface area contributed by atoms with Crippen molar-refractivity contribution >= 4 is 5.82 Å². The van der Waals surface area contributed by atoms with Gasteiger partial charge in [-0.2, -0.15) is 5.10 Å². The monoisotopic (exact) mass is 262 g/mol. The third kappa shape index (κ3) is 3.07. The number of nitrogens with one attached hydrogen (secondary N) is 1. The Kier molecular flexibility index (Phi) is 4.08. The zero-order valence-electron chi connectivity index (χ0n) is 11.3. The highest BCUT2D eigenvalue weighted by molar-refractivity contribution is 5.60. The Balaban J connectivity index is 2.41. The standard InChI is InChI=1S/C12H18N6O/c1-4-19-8(2)12-15-10(5-11(16-12)17-13)9-6-14-18(3)7-9/h5-8H,4,13H2,1-3H3,(H,15,16,17). The second kappa shape index (κ2) is 5.77. The van der Waals surface area contributed by atoms with E-state index in [0.717, 1.165) is 11.3 Å². The summed E-state index contributed by atoms with van der Waals surface area (Å²) in [6.07, 6.45) is 3.45. The van der Waals surface area contributed by atoms with Crippen LogP contribution in [0.4, 0.5) is 5.82 Å². The molecule has 0 spiro atoms. The Bertz CT molecular complexity index is 553. The first-order valence-corrected chi connectivity index (χ1v) is 6.10. The van der Waals surface area contributed by atoms with Crippen LogP contribution >= 0.6 is 0 Å². The summed E-state index contributed by atoms with van der Waals surface area (Å²) in [5, 5.41) is 4.13. The number of hydrazine groups is 1. The Morgan fingerprint density at radius 1 is 1.47 bits per heavy atom. The number of nitrogen functional groups attached to an aromatic ring is 1. The summed E-state index contributed by atoms with van der Waals surface area (Å²) in [4.78, 5) is 8.80. The van der Waals surface area contributed by atoms with Crippen LogP contribution in [0.1, 0.15) is 25.8 Å². The predicted molar refractivity (Wildman–Crippen MR) is 72.1 cm³/mol. The molecule has 0 radical (unpaired) electrons. The van der Waals surface area contributed by atoms with Crippen molar-refractivity contribution in [3.63, 3.8) is 0 Å². The Labute approximate surface area is 111 Å². The van der Waals surface area contributed by atoms with Crippen LogP contribution in [-0.4, -0.2) is 26.4 Å². The van der Waals surface area contributed by atoms with Gasteiger partial charge in [-0.25, -0.2) is 15.8 Å². The van der Waals surface area contributed by atoms with Gasteiger partial charge in [0.05, 0.1) is 11.9 Å². The van der Waals surface area contributed by atoms with Crippen molar-refractivity contribution in [1.82, 2.24) is 19.7 Å². The molecule has 3 N–H and O–H groups in total. The quantitative estimate of drug-likeness (QED) is 0.622. The molecule has 102 valence electrons. The van der Waals surface area contributed by atoms with E-state index >= 15 is 0 Å². The molecule has 0 amide bonds. The topological polar surface area (TPSA) is 90.9 Å². The summed E-state index contributed by atoms with van der Waals surface area (Å²) in [6.45, 7) is 4.45. The molecule has 0 fully saturated rings. The molecule has 0 saturated heterocycles. The van der Waals surface area contributed by atoms with Gasteiger partial charge >= 0.3 is 0 Å². The van der Waals surface area contributed by atoms with E-state index in [1.165, 1.54) is 0 Å². The van der Waals surface area contributed by atoms with Gasteiger partial charge < -0.3 is 10.2 Å². The zero-order valence-corrected chi connectivity index (χ0v) is 11.3. The summed E-state index contributed by atoms with van der Waals surface area (Å²) in [5.41, 5.74) is 4.22. The third-order valence-electron chi connectivity index (χ3n) is 2.67. The summed E-state index contributed by atoms with van der Waals surface area (Å²) in [6, 6.07) is 1.78. The van der Waals surface area contributed by atoms with Gasteiger partial charge in [-0.1, -0.05) is 0 Å². The van der Waals surface area contributed by atoms with E-state index in [1.807, 2.05) is 27.1 Å². The lowest BCUT2D eigenvalue weighted by atomic mass is 10.2. The van der Waals surface area contributed by atoms with E-state index in [9.17, 15) is 0 Å². The third-order valence-corrected chi connectivity index (χ3v) is 2.67. The number of nitrogens with two attached hydrogens (primary N) is 1. The number of hydrogen-bond donors (Lipinski definition) is 2. The highest BCUT2D eigenvalue weighted by atomic mass is 16.5. The van der Waals surface area contributed by atoms with Gasteiger partial charge in [-0.3, -0.25) is 4.68 Å². The smallest absolute Gasteiger partial charge is 0.159 e. The van der Waals surface area contributed by atoms with Crippen LogP contribution in [0.3, 0.4) is 0 Å². The van der Waals surface area contributed by atoms with Crippen molar-refractivity contribution in [3.05, 3.63) is 24.3 Å². The number of ether oxygens (including phenoxy) is 1. The predicted octanol–water partition coefficient (Wildman–Crippen LogP) is 1.26. The Morgan fingerprint density at radius 2 is 2.26 bits per heavy atom. The fraction of sp³-hybridized carbons (Fsp3) is 0.417. The van der Waals surface area contributed by atoms with E-state index in [2.05, 4.69) is 20.5 Å². The van der Waals surface area contributed by atoms with Crippen molar-refractivity contribution in [2.75, 3.05) is 12.0 Å². The summed E-state index contributed by atoms with van der Waals surface area (Å²) in [5.74, 6) is 6.59. The van der Waals surface area contributed by atoms with Gasteiger partial charge in [-0.05, 0) is 13.8 Å². The Hall–Kier alpha value is -1.99. The minimum atomic E-state index is -0.186. The summed E-state index contributed by atoms with van der Waals surface area (Å²) < 4.78 is 7.23. The van der Waals surface area contributed by atoms with E-state index < -0.39 is 0 Å². The average molecular weight is 262 g/mol. The second-order valence-corrected chi connectivity index (χ2v) is 4.14. The molecule has 7 heteroatoms. The van der Waals surface area contributed by atoms with Crippen LogP contribution < -0.4 is 11.3 Å².